The van der Waals surface area contributed by atoms with Crippen molar-refractivity contribution in [2.75, 3.05) is 13.2 Å². The standard InChI is InChI=1S/C17H29NO4/c1-2-11-22-17(9-4-3-5-10-17)13-18-14(19)12-16(15(20)21)7-6-8-16/h2-13H2,1H3,(H,18,19)(H,20,21). The van der Waals surface area contributed by atoms with Crippen LogP contribution >= 0.6 is 0 Å². The Labute approximate surface area is 132 Å². The van der Waals surface area contributed by atoms with Crippen LogP contribution in [0.5, 0.6) is 0 Å². The summed E-state index contributed by atoms with van der Waals surface area (Å²) in [6.07, 6.45) is 8.69. The second-order valence-corrected chi connectivity index (χ2v) is 6.98. The number of rotatable bonds is 8. The largest absolute Gasteiger partial charge is 0.481 e. The molecule has 0 radical (unpaired) electrons. The summed E-state index contributed by atoms with van der Waals surface area (Å²) in [7, 11) is 0. The molecule has 0 aromatic carbocycles. The van der Waals surface area contributed by atoms with Crippen LogP contribution < -0.4 is 5.32 Å². The zero-order valence-electron chi connectivity index (χ0n) is 13.7. The van der Waals surface area contributed by atoms with Crippen molar-refractivity contribution in [1.29, 1.82) is 0 Å². The lowest BCUT2D eigenvalue weighted by atomic mass is 9.66. The molecule has 2 saturated carbocycles. The molecule has 2 N–H and O–H groups in total. The van der Waals surface area contributed by atoms with Crippen molar-refractivity contribution in [2.24, 2.45) is 5.41 Å². The van der Waals surface area contributed by atoms with Crippen LogP contribution in [0.2, 0.25) is 0 Å². The normalized spacial score (nSPS) is 22.6. The van der Waals surface area contributed by atoms with E-state index in [2.05, 4.69) is 12.2 Å². The number of amides is 1. The average Bonchev–Trinajstić information content (AvgIpc) is 2.47. The maximum atomic E-state index is 12.2. The van der Waals surface area contributed by atoms with Gasteiger partial charge in [0.1, 0.15) is 0 Å². The zero-order chi connectivity index (χ0) is 16.1. The van der Waals surface area contributed by atoms with Crippen molar-refractivity contribution in [1.82, 2.24) is 5.32 Å². The zero-order valence-corrected chi connectivity index (χ0v) is 13.7. The molecule has 0 bridgehead atoms. The fourth-order valence-electron chi connectivity index (χ4n) is 3.59. The topological polar surface area (TPSA) is 75.6 Å². The highest BCUT2D eigenvalue weighted by molar-refractivity contribution is 5.85. The molecule has 0 atom stereocenters. The second kappa shape index (κ2) is 7.44. The molecule has 5 heteroatoms. The summed E-state index contributed by atoms with van der Waals surface area (Å²) in [5, 5.41) is 12.3. The van der Waals surface area contributed by atoms with Crippen LogP contribution in [-0.2, 0) is 14.3 Å². The molecule has 0 aliphatic heterocycles. The summed E-state index contributed by atoms with van der Waals surface area (Å²) in [6.45, 7) is 3.32. The fourth-order valence-corrected chi connectivity index (χ4v) is 3.59. The highest BCUT2D eigenvalue weighted by Crippen LogP contribution is 2.44. The lowest BCUT2D eigenvalue weighted by Crippen LogP contribution is -2.49. The first-order valence-corrected chi connectivity index (χ1v) is 8.66. The van der Waals surface area contributed by atoms with Gasteiger partial charge in [0.2, 0.25) is 5.91 Å². The molecule has 0 saturated heterocycles. The smallest absolute Gasteiger partial charge is 0.310 e. The van der Waals surface area contributed by atoms with Crippen molar-refractivity contribution in [3.05, 3.63) is 0 Å². The monoisotopic (exact) mass is 311 g/mol. The van der Waals surface area contributed by atoms with E-state index in [1.165, 1.54) is 6.42 Å². The molecular formula is C17H29NO4. The Morgan fingerprint density at radius 2 is 1.77 bits per heavy atom. The van der Waals surface area contributed by atoms with E-state index < -0.39 is 11.4 Å². The Bertz CT molecular complexity index is 397. The number of aliphatic carboxylic acids is 1. The number of ether oxygens (including phenoxy) is 1. The maximum Gasteiger partial charge on any atom is 0.310 e. The van der Waals surface area contributed by atoms with Crippen LogP contribution in [0.1, 0.15) is 71.1 Å². The quantitative estimate of drug-likeness (QED) is 0.722. The van der Waals surface area contributed by atoms with E-state index in [9.17, 15) is 14.7 Å². The van der Waals surface area contributed by atoms with Crippen molar-refractivity contribution in [3.8, 4) is 0 Å². The number of hydrogen-bond donors (Lipinski definition) is 2. The number of carboxylic acid groups (broad SMARTS) is 1. The first-order valence-electron chi connectivity index (χ1n) is 8.66. The molecule has 0 aromatic rings. The van der Waals surface area contributed by atoms with E-state index in [4.69, 9.17) is 4.74 Å². The van der Waals surface area contributed by atoms with Gasteiger partial charge in [0, 0.05) is 19.6 Å². The lowest BCUT2D eigenvalue weighted by molar-refractivity contribution is -0.157. The maximum absolute atomic E-state index is 12.2. The first kappa shape index (κ1) is 17.3. The van der Waals surface area contributed by atoms with Crippen molar-refractivity contribution in [2.45, 2.75) is 76.7 Å². The van der Waals surface area contributed by atoms with Crippen LogP contribution in [0.4, 0.5) is 0 Å². The fraction of sp³-hybridized carbons (Fsp3) is 0.882. The summed E-state index contributed by atoms with van der Waals surface area (Å²) in [6, 6.07) is 0. The molecule has 0 heterocycles. The van der Waals surface area contributed by atoms with Crippen molar-refractivity contribution in [3.63, 3.8) is 0 Å². The van der Waals surface area contributed by atoms with Gasteiger partial charge in [0.25, 0.3) is 0 Å². The summed E-state index contributed by atoms with van der Waals surface area (Å²) < 4.78 is 6.06. The Balaban J connectivity index is 1.86. The van der Waals surface area contributed by atoms with E-state index in [1.54, 1.807) is 0 Å². The number of hydrogen-bond acceptors (Lipinski definition) is 3. The Kier molecular flexibility index (Phi) is 5.84. The Hall–Kier alpha value is -1.10. The molecule has 0 unspecified atom stereocenters. The number of carboxylic acids is 1. The van der Waals surface area contributed by atoms with Crippen molar-refractivity contribution >= 4 is 11.9 Å². The average molecular weight is 311 g/mol. The van der Waals surface area contributed by atoms with E-state index in [1.807, 2.05) is 0 Å². The van der Waals surface area contributed by atoms with Gasteiger partial charge < -0.3 is 15.2 Å². The van der Waals surface area contributed by atoms with E-state index in [0.29, 0.717) is 19.4 Å². The number of carbonyl (C=O) groups is 2. The Morgan fingerprint density at radius 3 is 2.27 bits per heavy atom. The summed E-state index contributed by atoms with van der Waals surface area (Å²) in [5.41, 5.74) is -1.05. The highest BCUT2D eigenvalue weighted by atomic mass is 16.5. The molecule has 0 spiro atoms. The van der Waals surface area contributed by atoms with Crippen LogP contribution in [0.15, 0.2) is 0 Å². The molecule has 2 aliphatic carbocycles. The summed E-state index contributed by atoms with van der Waals surface area (Å²) in [5.74, 6) is -0.976. The van der Waals surface area contributed by atoms with E-state index in [0.717, 1.165) is 45.1 Å². The predicted molar refractivity (Wildman–Crippen MR) is 83.6 cm³/mol. The van der Waals surface area contributed by atoms with Gasteiger partial charge in [-0.15, -0.1) is 0 Å². The molecule has 2 fully saturated rings. The third kappa shape index (κ3) is 4.00. The molecule has 22 heavy (non-hydrogen) atoms. The van der Waals surface area contributed by atoms with Gasteiger partial charge >= 0.3 is 5.97 Å². The SMILES string of the molecule is CCCOC1(CNC(=O)CC2(C(=O)O)CCC2)CCCCC1. The molecule has 2 aliphatic rings. The minimum atomic E-state index is -0.830. The van der Waals surface area contributed by atoms with E-state index >= 15 is 0 Å². The van der Waals surface area contributed by atoms with E-state index in [-0.39, 0.29) is 17.9 Å². The molecule has 2 rings (SSSR count). The highest BCUT2D eigenvalue weighted by Gasteiger charge is 2.46. The molecule has 5 nitrogen and oxygen atoms in total. The van der Waals surface area contributed by atoms with Crippen LogP contribution in [0, 0.1) is 5.41 Å². The molecule has 126 valence electrons. The van der Waals surface area contributed by atoms with Crippen LogP contribution in [-0.4, -0.2) is 35.7 Å². The number of carbonyl (C=O) groups excluding carboxylic acids is 1. The molecular weight excluding hydrogens is 282 g/mol. The van der Waals surface area contributed by atoms with Gasteiger partial charge in [-0.2, -0.15) is 0 Å². The molecule has 1 amide bonds. The predicted octanol–water partition coefficient (Wildman–Crippen LogP) is 2.88. The lowest BCUT2D eigenvalue weighted by Gasteiger charge is -2.39. The summed E-state index contributed by atoms with van der Waals surface area (Å²) >= 11 is 0. The minimum Gasteiger partial charge on any atom is -0.481 e. The van der Waals surface area contributed by atoms with Gasteiger partial charge in [0.15, 0.2) is 0 Å². The van der Waals surface area contributed by atoms with Gasteiger partial charge in [0.05, 0.1) is 11.0 Å². The van der Waals surface area contributed by atoms with Crippen LogP contribution in [0.3, 0.4) is 0 Å². The van der Waals surface area contributed by atoms with Gasteiger partial charge in [-0.05, 0) is 32.1 Å². The third-order valence-corrected chi connectivity index (χ3v) is 5.25. The second-order valence-electron chi connectivity index (χ2n) is 6.98. The van der Waals surface area contributed by atoms with Crippen LogP contribution in [0.25, 0.3) is 0 Å². The third-order valence-electron chi connectivity index (χ3n) is 5.25. The van der Waals surface area contributed by atoms with Crippen molar-refractivity contribution < 1.29 is 19.4 Å². The summed E-state index contributed by atoms with van der Waals surface area (Å²) in [4.78, 5) is 23.5. The first-order chi connectivity index (χ1) is 10.5. The molecule has 0 aromatic heterocycles. The van der Waals surface area contributed by atoms with Gasteiger partial charge in [-0.3, -0.25) is 9.59 Å². The Morgan fingerprint density at radius 1 is 1.09 bits per heavy atom. The van der Waals surface area contributed by atoms with Gasteiger partial charge in [-0.1, -0.05) is 32.6 Å². The number of nitrogens with one attached hydrogen (secondary N) is 1. The van der Waals surface area contributed by atoms with Gasteiger partial charge in [-0.25, -0.2) is 0 Å². The minimum absolute atomic E-state index is 0.103.